The molecule has 0 saturated heterocycles. The van der Waals surface area contributed by atoms with Crippen LogP contribution in [0.3, 0.4) is 0 Å². The van der Waals surface area contributed by atoms with Crippen LogP contribution < -0.4 is 0 Å². The molecule has 0 saturated carbocycles. The van der Waals surface area contributed by atoms with Crippen molar-refractivity contribution < 1.29 is 9.50 Å². The number of nitrogens with zero attached hydrogens (tertiary/aromatic N) is 2. The summed E-state index contributed by atoms with van der Waals surface area (Å²) in [5.41, 5.74) is 0.926. The average molecular weight is 239 g/mol. The Hall–Kier alpha value is -1.52. The largest absolute Gasteiger partial charge is 0.384 e. The van der Waals surface area contributed by atoms with E-state index in [4.69, 9.17) is 11.6 Å². The number of hydrogen-bond acceptors (Lipinski definition) is 3. The number of aliphatic hydroxyl groups excluding tert-OH is 1. The van der Waals surface area contributed by atoms with Gasteiger partial charge in [-0.15, -0.1) is 0 Å². The molecule has 5 heteroatoms. The molecule has 2 heterocycles. The van der Waals surface area contributed by atoms with Crippen LogP contribution in [0, 0.1) is 5.82 Å². The van der Waals surface area contributed by atoms with Gasteiger partial charge in [0.1, 0.15) is 17.1 Å². The van der Waals surface area contributed by atoms with E-state index in [0.717, 1.165) is 6.20 Å². The Morgan fingerprint density at radius 3 is 2.75 bits per heavy atom. The highest BCUT2D eigenvalue weighted by Gasteiger charge is 2.12. The van der Waals surface area contributed by atoms with Crippen LogP contribution in [0.15, 0.2) is 36.8 Å². The zero-order valence-corrected chi connectivity index (χ0v) is 8.89. The molecule has 1 atom stereocenters. The first-order chi connectivity index (χ1) is 7.66. The molecule has 2 aromatic heterocycles. The zero-order valence-electron chi connectivity index (χ0n) is 8.14. The maximum Gasteiger partial charge on any atom is 0.141 e. The molecule has 0 aliphatic heterocycles. The number of rotatable bonds is 2. The monoisotopic (exact) mass is 238 g/mol. The van der Waals surface area contributed by atoms with Gasteiger partial charge in [-0.1, -0.05) is 11.6 Å². The SMILES string of the molecule is OC(c1cncc(F)c1)c1ccnc(Cl)c1. The molecule has 3 nitrogen and oxygen atoms in total. The number of aliphatic hydroxyl groups is 1. The summed E-state index contributed by atoms with van der Waals surface area (Å²) in [4.78, 5) is 7.47. The van der Waals surface area contributed by atoms with Gasteiger partial charge >= 0.3 is 0 Å². The average Bonchev–Trinajstić information content (AvgIpc) is 2.28. The van der Waals surface area contributed by atoms with E-state index in [9.17, 15) is 9.50 Å². The minimum atomic E-state index is -0.955. The second-order valence-electron chi connectivity index (χ2n) is 3.25. The van der Waals surface area contributed by atoms with E-state index >= 15 is 0 Å². The summed E-state index contributed by atoms with van der Waals surface area (Å²) >= 11 is 5.70. The van der Waals surface area contributed by atoms with Gasteiger partial charge in [-0.25, -0.2) is 9.37 Å². The van der Waals surface area contributed by atoms with Crippen LogP contribution in [0.5, 0.6) is 0 Å². The van der Waals surface area contributed by atoms with E-state index in [-0.39, 0.29) is 5.15 Å². The van der Waals surface area contributed by atoms with Crippen molar-refractivity contribution in [3.63, 3.8) is 0 Å². The molecule has 2 aromatic rings. The lowest BCUT2D eigenvalue weighted by atomic mass is 10.0. The van der Waals surface area contributed by atoms with E-state index in [2.05, 4.69) is 9.97 Å². The highest BCUT2D eigenvalue weighted by molar-refractivity contribution is 6.29. The van der Waals surface area contributed by atoms with Gasteiger partial charge in [0.05, 0.1) is 6.20 Å². The lowest BCUT2D eigenvalue weighted by Gasteiger charge is -2.10. The topological polar surface area (TPSA) is 46.0 Å². The van der Waals surface area contributed by atoms with Gasteiger partial charge in [-0.05, 0) is 23.8 Å². The Kier molecular flexibility index (Phi) is 3.12. The summed E-state index contributed by atoms with van der Waals surface area (Å²) in [6.07, 6.45) is 3.01. The normalized spacial score (nSPS) is 12.4. The predicted molar refractivity (Wildman–Crippen MR) is 57.5 cm³/mol. The van der Waals surface area contributed by atoms with Gasteiger partial charge < -0.3 is 5.11 Å². The fraction of sp³-hybridized carbons (Fsp3) is 0.0909. The first-order valence-electron chi connectivity index (χ1n) is 4.57. The van der Waals surface area contributed by atoms with Crippen molar-refractivity contribution in [1.82, 2.24) is 9.97 Å². The van der Waals surface area contributed by atoms with Crippen molar-refractivity contribution in [2.75, 3.05) is 0 Å². The lowest BCUT2D eigenvalue weighted by Crippen LogP contribution is -2.01. The second-order valence-corrected chi connectivity index (χ2v) is 3.64. The Balaban J connectivity index is 2.35. The molecule has 16 heavy (non-hydrogen) atoms. The highest BCUT2D eigenvalue weighted by Crippen LogP contribution is 2.22. The predicted octanol–water partition coefficient (Wildman–Crippen LogP) is 2.35. The fourth-order valence-electron chi connectivity index (χ4n) is 1.36. The van der Waals surface area contributed by atoms with Crippen molar-refractivity contribution >= 4 is 11.6 Å². The second kappa shape index (κ2) is 4.55. The molecular formula is C11H8ClFN2O. The summed E-state index contributed by atoms with van der Waals surface area (Å²) in [5.74, 6) is -0.489. The van der Waals surface area contributed by atoms with Crippen LogP contribution in [0.2, 0.25) is 5.15 Å². The van der Waals surface area contributed by atoms with Gasteiger partial charge in [-0.3, -0.25) is 4.98 Å². The molecule has 82 valence electrons. The summed E-state index contributed by atoms with van der Waals surface area (Å²) in [5, 5.41) is 10.2. The van der Waals surface area contributed by atoms with Gasteiger partial charge in [0, 0.05) is 18.0 Å². The van der Waals surface area contributed by atoms with E-state index in [1.807, 2.05) is 0 Å². The summed E-state index contributed by atoms with van der Waals surface area (Å²) < 4.78 is 12.9. The van der Waals surface area contributed by atoms with Gasteiger partial charge in [0.2, 0.25) is 0 Å². The molecule has 0 spiro atoms. The van der Waals surface area contributed by atoms with Crippen molar-refractivity contribution in [2.24, 2.45) is 0 Å². The van der Waals surface area contributed by atoms with Crippen LogP contribution >= 0.6 is 11.6 Å². The number of halogens is 2. The van der Waals surface area contributed by atoms with E-state index in [1.54, 1.807) is 6.07 Å². The maximum absolute atomic E-state index is 12.9. The van der Waals surface area contributed by atoms with Crippen LogP contribution in [0.4, 0.5) is 4.39 Å². The molecular weight excluding hydrogens is 231 g/mol. The van der Waals surface area contributed by atoms with Gasteiger partial charge in [-0.2, -0.15) is 0 Å². The van der Waals surface area contributed by atoms with Crippen molar-refractivity contribution in [1.29, 1.82) is 0 Å². The molecule has 1 unspecified atom stereocenters. The Labute approximate surface area is 96.6 Å². The third-order valence-electron chi connectivity index (χ3n) is 2.11. The Bertz CT molecular complexity index is 461. The maximum atomic E-state index is 12.9. The minimum absolute atomic E-state index is 0.279. The quantitative estimate of drug-likeness (QED) is 0.817. The molecule has 1 N–H and O–H groups in total. The first-order valence-corrected chi connectivity index (χ1v) is 4.94. The Morgan fingerprint density at radius 1 is 1.25 bits per heavy atom. The van der Waals surface area contributed by atoms with Crippen molar-refractivity contribution in [3.8, 4) is 0 Å². The lowest BCUT2D eigenvalue weighted by molar-refractivity contribution is 0.219. The van der Waals surface area contributed by atoms with Crippen molar-refractivity contribution in [3.05, 3.63) is 58.9 Å². The van der Waals surface area contributed by atoms with Crippen LogP contribution in [-0.4, -0.2) is 15.1 Å². The molecule has 0 fully saturated rings. The molecule has 0 aliphatic carbocycles. The van der Waals surface area contributed by atoms with E-state index in [1.165, 1.54) is 24.5 Å². The number of aromatic nitrogens is 2. The molecule has 0 bridgehead atoms. The smallest absolute Gasteiger partial charge is 0.141 e. The van der Waals surface area contributed by atoms with Crippen LogP contribution in [0.25, 0.3) is 0 Å². The van der Waals surface area contributed by atoms with Gasteiger partial charge in [0.15, 0.2) is 0 Å². The zero-order chi connectivity index (χ0) is 11.5. The first kappa shape index (κ1) is 11.0. The van der Waals surface area contributed by atoms with E-state index in [0.29, 0.717) is 11.1 Å². The van der Waals surface area contributed by atoms with Gasteiger partial charge in [0.25, 0.3) is 0 Å². The Morgan fingerprint density at radius 2 is 2.06 bits per heavy atom. The van der Waals surface area contributed by atoms with Crippen LogP contribution in [0.1, 0.15) is 17.2 Å². The molecule has 0 amide bonds. The third kappa shape index (κ3) is 2.35. The van der Waals surface area contributed by atoms with Crippen LogP contribution in [-0.2, 0) is 0 Å². The standard InChI is InChI=1S/C11H8ClFN2O/c12-10-4-7(1-2-15-10)11(16)8-3-9(13)6-14-5-8/h1-6,11,16H. The number of pyridine rings is 2. The number of hydrogen-bond donors (Lipinski definition) is 1. The molecule has 0 aromatic carbocycles. The fourth-order valence-corrected chi connectivity index (χ4v) is 1.54. The van der Waals surface area contributed by atoms with E-state index < -0.39 is 11.9 Å². The summed E-state index contributed by atoms with van der Waals surface area (Å²) in [7, 11) is 0. The minimum Gasteiger partial charge on any atom is -0.384 e. The summed E-state index contributed by atoms with van der Waals surface area (Å²) in [6, 6.07) is 4.37. The third-order valence-corrected chi connectivity index (χ3v) is 2.31. The highest BCUT2D eigenvalue weighted by atomic mass is 35.5. The molecule has 0 aliphatic rings. The van der Waals surface area contributed by atoms with Crippen molar-refractivity contribution in [2.45, 2.75) is 6.10 Å². The molecule has 0 radical (unpaired) electrons. The molecule has 2 rings (SSSR count). The summed E-state index contributed by atoms with van der Waals surface area (Å²) in [6.45, 7) is 0.